The summed E-state index contributed by atoms with van der Waals surface area (Å²) in [7, 11) is 0. The van der Waals surface area contributed by atoms with Gasteiger partial charge in [-0.3, -0.25) is 9.69 Å². The standard InChI is InChI=1S/C14H20N6O2/c21-13-9-16-14(22)20(13)8-6-15-11-3-2-7-19(10-11)12-4-1-5-17-18-12/h1,4-5,11,15H,2-3,6-10H2,(H,16,22)/t11-/m0/s1. The lowest BCUT2D eigenvalue weighted by Gasteiger charge is -2.34. The molecule has 1 atom stereocenters. The Hall–Kier alpha value is -2.22. The lowest BCUT2D eigenvalue weighted by Crippen LogP contribution is -2.48. The Morgan fingerprint density at radius 3 is 3.05 bits per heavy atom. The number of piperidine rings is 1. The van der Waals surface area contributed by atoms with E-state index in [-0.39, 0.29) is 18.5 Å². The molecule has 2 aliphatic rings. The number of amides is 3. The molecule has 2 saturated heterocycles. The van der Waals surface area contributed by atoms with Crippen molar-refractivity contribution >= 4 is 17.8 Å². The average Bonchev–Trinajstić information content (AvgIpc) is 2.88. The van der Waals surface area contributed by atoms with Gasteiger partial charge in [0.2, 0.25) is 5.91 Å². The number of aromatic nitrogens is 2. The first-order chi connectivity index (χ1) is 10.7. The number of carbonyl (C=O) groups excluding carboxylic acids is 2. The molecule has 3 amide bonds. The SMILES string of the molecule is O=C1CNC(=O)N1CCN[C@H]1CCCN(c2cccnn2)C1. The molecule has 8 heteroatoms. The summed E-state index contributed by atoms with van der Waals surface area (Å²) in [6.07, 6.45) is 3.83. The van der Waals surface area contributed by atoms with Crippen LogP contribution in [0, 0.1) is 0 Å². The van der Waals surface area contributed by atoms with Gasteiger partial charge < -0.3 is 15.5 Å². The molecule has 3 heterocycles. The third-order valence-corrected chi connectivity index (χ3v) is 4.01. The van der Waals surface area contributed by atoms with Crippen molar-refractivity contribution in [3.63, 3.8) is 0 Å². The first-order valence-corrected chi connectivity index (χ1v) is 7.58. The Kier molecular flexibility index (Phi) is 4.47. The van der Waals surface area contributed by atoms with Gasteiger partial charge in [0, 0.05) is 38.4 Å². The number of hydrogen-bond acceptors (Lipinski definition) is 6. The Labute approximate surface area is 128 Å². The second-order valence-corrected chi connectivity index (χ2v) is 5.53. The maximum Gasteiger partial charge on any atom is 0.324 e. The summed E-state index contributed by atoms with van der Waals surface area (Å²) in [4.78, 5) is 26.4. The highest BCUT2D eigenvalue weighted by Gasteiger charge is 2.28. The van der Waals surface area contributed by atoms with Crippen LogP contribution in [0.15, 0.2) is 18.3 Å². The monoisotopic (exact) mass is 304 g/mol. The van der Waals surface area contributed by atoms with Crippen LogP contribution in [-0.4, -0.2) is 65.8 Å². The van der Waals surface area contributed by atoms with Crippen molar-refractivity contribution in [1.29, 1.82) is 0 Å². The summed E-state index contributed by atoms with van der Waals surface area (Å²) in [5.41, 5.74) is 0. The smallest absolute Gasteiger partial charge is 0.324 e. The third kappa shape index (κ3) is 3.33. The molecular formula is C14H20N6O2. The van der Waals surface area contributed by atoms with Gasteiger partial charge in [-0.15, -0.1) is 5.10 Å². The van der Waals surface area contributed by atoms with E-state index >= 15 is 0 Å². The van der Waals surface area contributed by atoms with Crippen LogP contribution >= 0.6 is 0 Å². The topological polar surface area (TPSA) is 90.5 Å². The summed E-state index contributed by atoms with van der Waals surface area (Å²) in [5, 5.41) is 14.0. The second kappa shape index (κ2) is 6.69. The van der Waals surface area contributed by atoms with Crippen LogP contribution in [0.1, 0.15) is 12.8 Å². The van der Waals surface area contributed by atoms with E-state index in [0.29, 0.717) is 19.1 Å². The van der Waals surface area contributed by atoms with Gasteiger partial charge in [-0.2, -0.15) is 5.10 Å². The van der Waals surface area contributed by atoms with E-state index in [0.717, 1.165) is 31.7 Å². The van der Waals surface area contributed by atoms with Gasteiger partial charge in [0.25, 0.3) is 0 Å². The van der Waals surface area contributed by atoms with E-state index in [1.807, 2.05) is 12.1 Å². The van der Waals surface area contributed by atoms with Crippen molar-refractivity contribution in [1.82, 2.24) is 25.7 Å². The lowest BCUT2D eigenvalue weighted by atomic mass is 10.1. The number of nitrogens with zero attached hydrogens (tertiary/aromatic N) is 4. The van der Waals surface area contributed by atoms with Gasteiger partial charge in [-0.05, 0) is 25.0 Å². The number of imide groups is 1. The van der Waals surface area contributed by atoms with E-state index in [2.05, 4.69) is 25.7 Å². The number of anilines is 1. The fourth-order valence-corrected chi connectivity index (χ4v) is 2.88. The second-order valence-electron chi connectivity index (χ2n) is 5.53. The minimum Gasteiger partial charge on any atom is -0.354 e. The molecule has 0 saturated carbocycles. The molecule has 1 aromatic rings. The number of nitrogens with one attached hydrogen (secondary N) is 2. The average molecular weight is 304 g/mol. The van der Waals surface area contributed by atoms with Crippen molar-refractivity contribution in [2.75, 3.05) is 37.6 Å². The Balaban J connectivity index is 1.47. The van der Waals surface area contributed by atoms with Gasteiger partial charge in [0.15, 0.2) is 5.82 Å². The third-order valence-electron chi connectivity index (χ3n) is 4.01. The Morgan fingerprint density at radius 1 is 1.41 bits per heavy atom. The molecule has 0 aliphatic carbocycles. The van der Waals surface area contributed by atoms with Crippen molar-refractivity contribution in [3.8, 4) is 0 Å². The molecule has 8 nitrogen and oxygen atoms in total. The number of rotatable bonds is 5. The van der Waals surface area contributed by atoms with E-state index in [1.54, 1.807) is 6.20 Å². The van der Waals surface area contributed by atoms with Gasteiger partial charge in [-0.25, -0.2) is 4.79 Å². The maximum absolute atomic E-state index is 11.5. The summed E-state index contributed by atoms with van der Waals surface area (Å²) in [6, 6.07) is 3.88. The van der Waals surface area contributed by atoms with Gasteiger partial charge in [-0.1, -0.05) is 0 Å². The lowest BCUT2D eigenvalue weighted by molar-refractivity contribution is -0.124. The molecule has 0 radical (unpaired) electrons. The molecule has 3 rings (SSSR count). The highest BCUT2D eigenvalue weighted by molar-refractivity contribution is 6.01. The van der Waals surface area contributed by atoms with Crippen LogP contribution < -0.4 is 15.5 Å². The summed E-state index contributed by atoms with van der Waals surface area (Å²) < 4.78 is 0. The van der Waals surface area contributed by atoms with Gasteiger partial charge in [0.1, 0.15) is 0 Å². The summed E-state index contributed by atoms with van der Waals surface area (Å²) in [5.74, 6) is 0.736. The first kappa shape index (κ1) is 14.7. The van der Waals surface area contributed by atoms with Crippen molar-refractivity contribution < 1.29 is 9.59 Å². The largest absolute Gasteiger partial charge is 0.354 e. The fourth-order valence-electron chi connectivity index (χ4n) is 2.88. The number of urea groups is 1. The zero-order valence-corrected chi connectivity index (χ0v) is 12.4. The normalized spacial score (nSPS) is 22.1. The fraction of sp³-hybridized carbons (Fsp3) is 0.571. The van der Waals surface area contributed by atoms with Crippen LogP contribution in [-0.2, 0) is 4.79 Å². The van der Waals surface area contributed by atoms with E-state index in [9.17, 15) is 9.59 Å². The highest BCUT2D eigenvalue weighted by Crippen LogP contribution is 2.16. The van der Waals surface area contributed by atoms with Crippen molar-refractivity contribution in [2.45, 2.75) is 18.9 Å². The molecule has 0 spiro atoms. The van der Waals surface area contributed by atoms with E-state index < -0.39 is 0 Å². The molecule has 118 valence electrons. The molecule has 0 bridgehead atoms. The van der Waals surface area contributed by atoms with Gasteiger partial charge >= 0.3 is 6.03 Å². The minimum absolute atomic E-state index is 0.114. The van der Waals surface area contributed by atoms with Crippen LogP contribution in [0.3, 0.4) is 0 Å². The molecule has 2 aliphatic heterocycles. The van der Waals surface area contributed by atoms with Crippen LogP contribution in [0.2, 0.25) is 0 Å². The summed E-state index contributed by atoms with van der Waals surface area (Å²) in [6.45, 7) is 2.97. The Bertz CT molecular complexity index is 521. The van der Waals surface area contributed by atoms with Crippen LogP contribution in [0.4, 0.5) is 10.6 Å². The molecule has 0 aromatic carbocycles. The van der Waals surface area contributed by atoms with Crippen molar-refractivity contribution in [3.05, 3.63) is 18.3 Å². The van der Waals surface area contributed by atoms with Crippen molar-refractivity contribution in [2.24, 2.45) is 0 Å². The molecule has 2 fully saturated rings. The zero-order valence-electron chi connectivity index (χ0n) is 12.4. The van der Waals surface area contributed by atoms with Crippen LogP contribution in [0.5, 0.6) is 0 Å². The highest BCUT2D eigenvalue weighted by atomic mass is 16.2. The predicted octanol–water partition coefficient (Wildman–Crippen LogP) is -0.413. The number of carbonyl (C=O) groups is 2. The Morgan fingerprint density at radius 2 is 2.32 bits per heavy atom. The summed E-state index contributed by atoms with van der Waals surface area (Å²) >= 11 is 0. The molecule has 0 unspecified atom stereocenters. The molecule has 22 heavy (non-hydrogen) atoms. The molecule has 1 aromatic heterocycles. The van der Waals surface area contributed by atoms with Gasteiger partial charge in [0.05, 0.1) is 6.54 Å². The first-order valence-electron chi connectivity index (χ1n) is 7.58. The maximum atomic E-state index is 11.5. The number of hydrogen-bond donors (Lipinski definition) is 2. The zero-order chi connectivity index (χ0) is 15.4. The minimum atomic E-state index is -0.295. The van der Waals surface area contributed by atoms with E-state index in [1.165, 1.54) is 4.90 Å². The van der Waals surface area contributed by atoms with Crippen LogP contribution in [0.25, 0.3) is 0 Å². The predicted molar refractivity (Wildman–Crippen MR) is 80.4 cm³/mol. The van der Waals surface area contributed by atoms with E-state index in [4.69, 9.17) is 0 Å². The quantitative estimate of drug-likeness (QED) is 0.719. The molecule has 2 N–H and O–H groups in total. The molecular weight excluding hydrogens is 284 g/mol.